The molecule has 0 aromatic heterocycles. The highest BCUT2D eigenvalue weighted by Crippen LogP contribution is 2.06. The average Bonchev–Trinajstić information content (AvgIpc) is 2.12. The fourth-order valence-corrected chi connectivity index (χ4v) is 0.756. The van der Waals surface area contributed by atoms with Crippen LogP contribution in [0.25, 0.3) is 0 Å². The smallest absolute Gasteiger partial charge is 0.408 e. The second-order valence-corrected chi connectivity index (χ2v) is 4.29. The lowest BCUT2D eigenvalue weighted by Gasteiger charge is -2.19. The van der Waals surface area contributed by atoms with E-state index in [-0.39, 0.29) is 12.6 Å². The Morgan fingerprint density at radius 2 is 2.00 bits per heavy atom. The molecular formula is C11H19NO4. The molecule has 1 amide bonds. The number of hydrogen-bond donors (Lipinski definition) is 1. The van der Waals surface area contributed by atoms with Gasteiger partial charge in [0.25, 0.3) is 0 Å². The van der Waals surface area contributed by atoms with E-state index in [1.54, 1.807) is 27.7 Å². The lowest BCUT2D eigenvalue weighted by molar-refractivity contribution is -0.145. The third kappa shape index (κ3) is 7.84. The van der Waals surface area contributed by atoms with E-state index in [9.17, 15) is 9.59 Å². The molecule has 0 aliphatic carbocycles. The Kier molecular flexibility index (Phi) is 5.56. The number of nitrogens with one attached hydrogen (secondary N) is 1. The van der Waals surface area contributed by atoms with Crippen LogP contribution in [-0.2, 0) is 14.3 Å². The molecule has 0 saturated carbocycles. The SMILES string of the molecule is C=C[C@H](C)OC(=O)CNC(=O)OC(C)(C)C. The van der Waals surface area contributed by atoms with Crippen LogP contribution in [0.1, 0.15) is 27.7 Å². The monoisotopic (exact) mass is 229 g/mol. The summed E-state index contributed by atoms with van der Waals surface area (Å²) in [6.07, 6.45) is 0.481. The first kappa shape index (κ1) is 14.5. The third-order valence-electron chi connectivity index (χ3n) is 1.43. The fraction of sp³-hybridized carbons (Fsp3) is 0.636. The zero-order chi connectivity index (χ0) is 12.8. The van der Waals surface area contributed by atoms with Gasteiger partial charge in [0.1, 0.15) is 18.2 Å². The van der Waals surface area contributed by atoms with E-state index < -0.39 is 17.7 Å². The van der Waals surface area contributed by atoms with Crippen LogP contribution in [0.5, 0.6) is 0 Å². The van der Waals surface area contributed by atoms with Crippen molar-refractivity contribution in [3.8, 4) is 0 Å². The second kappa shape index (κ2) is 6.15. The molecule has 0 aliphatic heterocycles. The average molecular weight is 229 g/mol. The van der Waals surface area contributed by atoms with Crippen molar-refractivity contribution in [2.24, 2.45) is 0 Å². The second-order valence-electron chi connectivity index (χ2n) is 4.29. The van der Waals surface area contributed by atoms with Crippen molar-refractivity contribution in [1.82, 2.24) is 5.32 Å². The Morgan fingerprint density at radius 3 is 2.44 bits per heavy atom. The molecule has 1 atom stereocenters. The first-order valence-electron chi connectivity index (χ1n) is 5.03. The fourth-order valence-electron chi connectivity index (χ4n) is 0.756. The normalized spacial score (nSPS) is 12.5. The molecule has 1 N–H and O–H groups in total. The van der Waals surface area contributed by atoms with Crippen LogP contribution in [0, 0.1) is 0 Å². The summed E-state index contributed by atoms with van der Waals surface area (Å²) in [7, 11) is 0. The van der Waals surface area contributed by atoms with Gasteiger partial charge in [-0.25, -0.2) is 4.79 Å². The van der Waals surface area contributed by atoms with E-state index in [4.69, 9.17) is 9.47 Å². The van der Waals surface area contributed by atoms with Crippen LogP contribution in [0.4, 0.5) is 4.79 Å². The maximum Gasteiger partial charge on any atom is 0.408 e. The minimum Gasteiger partial charge on any atom is -0.457 e. The number of carbonyl (C=O) groups is 2. The molecule has 5 heteroatoms. The Morgan fingerprint density at radius 1 is 1.44 bits per heavy atom. The summed E-state index contributed by atoms with van der Waals surface area (Å²) in [5, 5.41) is 2.30. The lowest BCUT2D eigenvalue weighted by atomic mass is 10.2. The molecule has 0 saturated heterocycles. The van der Waals surface area contributed by atoms with Crippen LogP contribution in [0.15, 0.2) is 12.7 Å². The highest BCUT2D eigenvalue weighted by molar-refractivity contribution is 5.78. The number of hydrogen-bond acceptors (Lipinski definition) is 4. The third-order valence-corrected chi connectivity index (χ3v) is 1.43. The minimum absolute atomic E-state index is 0.215. The summed E-state index contributed by atoms with van der Waals surface area (Å²) in [5.74, 6) is -0.529. The van der Waals surface area contributed by atoms with E-state index in [0.29, 0.717) is 0 Å². The summed E-state index contributed by atoms with van der Waals surface area (Å²) in [5.41, 5.74) is -0.581. The summed E-state index contributed by atoms with van der Waals surface area (Å²) >= 11 is 0. The van der Waals surface area contributed by atoms with Crippen molar-refractivity contribution >= 4 is 12.1 Å². The zero-order valence-corrected chi connectivity index (χ0v) is 10.2. The van der Waals surface area contributed by atoms with Crippen LogP contribution < -0.4 is 5.32 Å². The van der Waals surface area contributed by atoms with Crippen molar-refractivity contribution < 1.29 is 19.1 Å². The van der Waals surface area contributed by atoms with Gasteiger partial charge in [0.2, 0.25) is 0 Å². The molecule has 0 rings (SSSR count). The van der Waals surface area contributed by atoms with Crippen molar-refractivity contribution in [2.75, 3.05) is 6.54 Å². The van der Waals surface area contributed by atoms with Crippen LogP contribution in [0.3, 0.4) is 0 Å². The summed E-state index contributed by atoms with van der Waals surface area (Å²) in [6.45, 7) is 10.2. The molecule has 5 nitrogen and oxygen atoms in total. The maximum atomic E-state index is 11.2. The molecule has 0 spiro atoms. The largest absolute Gasteiger partial charge is 0.457 e. The van der Waals surface area contributed by atoms with Gasteiger partial charge in [0.05, 0.1) is 0 Å². The van der Waals surface area contributed by atoms with E-state index in [1.165, 1.54) is 6.08 Å². The Balaban J connectivity index is 3.84. The Bertz CT molecular complexity index is 268. The van der Waals surface area contributed by atoms with E-state index >= 15 is 0 Å². The van der Waals surface area contributed by atoms with E-state index in [2.05, 4.69) is 11.9 Å². The Labute approximate surface area is 95.8 Å². The number of rotatable bonds is 4. The molecule has 0 bridgehead atoms. The predicted octanol–water partition coefficient (Wildman–Crippen LogP) is 1.63. The van der Waals surface area contributed by atoms with E-state index in [1.807, 2.05) is 0 Å². The summed E-state index contributed by atoms with van der Waals surface area (Å²) < 4.78 is 9.79. The number of esters is 1. The van der Waals surface area contributed by atoms with Crippen molar-refractivity contribution in [1.29, 1.82) is 0 Å². The number of carbonyl (C=O) groups excluding carboxylic acids is 2. The zero-order valence-electron chi connectivity index (χ0n) is 10.2. The van der Waals surface area contributed by atoms with Gasteiger partial charge in [-0.15, -0.1) is 0 Å². The van der Waals surface area contributed by atoms with Gasteiger partial charge in [-0.3, -0.25) is 4.79 Å². The Hall–Kier alpha value is -1.52. The molecule has 0 aliphatic rings. The molecule has 0 radical (unpaired) electrons. The van der Waals surface area contributed by atoms with Crippen molar-refractivity contribution in [3.05, 3.63) is 12.7 Å². The molecule has 16 heavy (non-hydrogen) atoms. The minimum atomic E-state index is -0.643. The van der Waals surface area contributed by atoms with Gasteiger partial charge in [-0.1, -0.05) is 12.7 Å². The maximum absolute atomic E-state index is 11.2. The van der Waals surface area contributed by atoms with Gasteiger partial charge >= 0.3 is 12.1 Å². The van der Waals surface area contributed by atoms with Gasteiger partial charge in [-0.05, 0) is 27.7 Å². The van der Waals surface area contributed by atoms with Crippen molar-refractivity contribution in [3.63, 3.8) is 0 Å². The van der Waals surface area contributed by atoms with Gasteiger partial charge in [-0.2, -0.15) is 0 Å². The van der Waals surface area contributed by atoms with Crippen LogP contribution in [0.2, 0.25) is 0 Å². The molecule has 0 heterocycles. The molecule has 0 unspecified atom stereocenters. The molecular weight excluding hydrogens is 210 g/mol. The highest BCUT2D eigenvalue weighted by atomic mass is 16.6. The first-order valence-corrected chi connectivity index (χ1v) is 5.03. The number of ether oxygens (including phenoxy) is 2. The molecule has 92 valence electrons. The van der Waals surface area contributed by atoms with Gasteiger partial charge in [0.15, 0.2) is 0 Å². The molecule has 0 aromatic rings. The number of alkyl carbamates (subject to hydrolysis) is 1. The first-order chi connectivity index (χ1) is 7.24. The standard InChI is InChI=1S/C11H19NO4/c1-6-8(2)15-9(13)7-12-10(14)16-11(3,4)5/h6,8H,1,7H2,2-5H3,(H,12,14)/t8-/m0/s1. The predicted molar refractivity (Wildman–Crippen MR) is 60.0 cm³/mol. The quantitative estimate of drug-likeness (QED) is 0.587. The van der Waals surface area contributed by atoms with E-state index in [0.717, 1.165) is 0 Å². The summed E-state index contributed by atoms with van der Waals surface area (Å²) in [4.78, 5) is 22.3. The topological polar surface area (TPSA) is 64.6 Å². The van der Waals surface area contributed by atoms with Gasteiger partial charge in [0, 0.05) is 0 Å². The van der Waals surface area contributed by atoms with Crippen LogP contribution in [-0.4, -0.2) is 30.3 Å². The molecule has 0 fully saturated rings. The van der Waals surface area contributed by atoms with Crippen LogP contribution >= 0.6 is 0 Å². The highest BCUT2D eigenvalue weighted by Gasteiger charge is 2.17. The molecule has 0 aromatic carbocycles. The van der Waals surface area contributed by atoms with Gasteiger partial charge < -0.3 is 14.8 Å². The lowest BCUT2D eigenvalue weighted by Crippen LogP contribution is -2.36. The number of amides is 1. The summed E-state index contributed by atoms with van der Waals surface area (Å²) in [6, 6.07) is 0. The van der Waals surface area contributed by atoms with Crippen molar-refractivity contribution in [2.45, 2.75) is 39.4 Å².